The molecule has 96 valence electrons. The molecule has 0 spiro atoms. The Morgan fingerprint density at radius 2 is 1.44 bits per heavy atom. The monoisotopic (exact) mass is 226 g/mol. The van der Waals surface area contributed by atoms with E-state index in [0.717, 1.165) is 0 Å². The van der Waals surface area contributed by atoms with Gasteiger partial charge in [0.15, 0.2) is 0 Å². The van der Waals surface area contributed by atoms with E-state index >= 15 is 0 Å². The maximum Gasteiger partial charge on any atom is 0.142 e. The van der Waals surface area contributed by atoms with Crippen molar-refractivity contribution in [3.05, 3.63) is 0 Å². The molecular weight excluding hydrogens is 194 g/mol. The van der Waals surface area contributed by atoms with Gasteiger partial charge in [-0.15, -0.1) is 0 Å². The zero-order valence-corrected chi connectivity index (χ0v) is 12.0. The van der Waals surface area contributed by atoms with Crippen molar-refractivity contribution in [2.45, 2.75) is 72.6 Å². The lowest BCUT2D eigenvalue weighted by atomic mass is 10.1. The normalized spacial score (nSPS) is 12.4. The van der Waals surface area contributed by atoms with Gasteiger partial charge in [-0.05, 0) is 6.42 Å². The van der Waals surface area contributed by atoms with Gasteiger partial charge in [-0.25, -0.2) is 4.58 Å². The zero-order chi connectivity index (χ0) is 12.2. The molecule has 0 aliphatic heterocycles. The number of nitrogens with zero attached hydrogens (tertiary/aromatic N) is 1. The van der Waals surface area contributed by atoms with Crippen LogP contribution < -0.4 is 0 Å². The third-order valence-electron chi connectivity index (χ3n) is 2.82. The van der Waals surface area contributed by atoms with Crippen LogP contribution in [0.3, 0.4) is 0 Å². The maximum absolute atomic E-state index is 2.52. The molecule has 0 atom stereocenters. The average Bonchev–Trinajstić information content (AvgIpc) is 2.22. The van der Waals surface area contributed by atoms with Crippen molar-refractivity contribution in [2.75, 3.05) is 13.1 Å². The molecule has 0 saturated heterocycles. The number of unbranched alkanes of at least 4 members (excludes halogenated alkanes) is 5. The van der Waals surface area contributed by atoms with Crippen molar-refractivity contribution in [1.82, 2.24) is 0 Å². The van der Waals surface area contributed by atoms with Crippen LogP contribution >= 0.6 is 0 Å². The SMILES string of the molecule is CCCCCCCC[N+](=CC(C)C)CCC. The molecule has 0 heterocycles. The minimum absolute atomic E-state index is 0.687. The van der Waals surface area contributed by atoms with Gasteiger partial charge < -0.3 is 0 Å². The van der Waals surface area contributed by atoms with Gasteiger partial charge in [0, 0.05) is 18.8 Å². The second-order valence-electron chi connectivity index (χ2n) is 5.20. The summed E-state index contributed by atoms with van der Waals surface area (Å²) in [7, 11) is 0. The van der Waals surface area contributed by atoms with Crippen LogP contribution in [-0.2, 0) is 0 Å². The quantitative estimate of drug-likeness (QED) is 0.293. The first-order chi connectivity index (χ1) is 7.70. The van der Waals surface area contributed by atoms with Gasteiger partial charge in [0.1, 0.15) is 19.3 Å². The Hall–Kier alpha value is -0.330. The smallest absolute Gasteiger partial charge is 0.142 e. The Labute approximate surface area is 103 Å². The molecule has 0 aromatic carbocycles. The Morgan fingerprint density at radius 3 is 2.00 bits per heavy atom. The summed E-state index contributed by atoms with van der Waals surface area (Å²) in [6.07, 6.45) is 12.1. The van der Waals surface area contributed by atoms with Crippen LogP contribution in [0, 0.1) is 5.92 Å². The second kappa shape index (κ2) is 11.2. The summed E-state index contributed by atoms with van der Waals surface area (Å²) in [6.45, 7) is 11.6. The molecule has 0 aliphatic carbocycles. The van der Waals surface area contributed by atoms with Crippen molar-refractivity contribution in [2.24, 2.45) is 5.92 Å². The van der Waals surface area contributed by atoms with Crippen LogP contribution in [0.4, 0.5) is 0 Å². The predicted octanol–water partition coefficient (Wildman–Crippen LogP) is 4.50. The minimum Gasteiger partial charge on any atom is -0.239 e. The van der Waals surface area contributed by atoms with Gasteiger partial charge in [-0.3, -0.25) is 0 Å². The van der Waals surface area contributed by atoms with E-state index in [0.29, 0.717) is 5.92 Å². The Kier molecular flexibility index (Phi) is 10.9. The number of rotatable bonds is 10. The van der Waals surface area contributed by atoms with Gasteiger partial charge >= 0.3 is 0 Å². The molecule has 1 heteroatoms. The minimum atomic E-state index is 0.687. The summed E-state index contributed by atoms with van der Waals surface area (Å²) in [5.41, 5.74) is 0. The van der Waals surface area contributed by atoms with Crippen LogP contribution in [0.15, 0.2) is 0 Å². The second-order valence-corrected chi connectivity index (χ2v) is 5.20. The highest BCUT2D eigenvalue weighted by Gasteiger charge is 2.03. The van der Waals surface area contributed by atoms with E-state index in [1.54, 1.807) is 0 Å². The molecule has 0 unspecified atom stereocenters. The molecule has 0 aromatic heterocycles. The molecule has 0 fully saturated rings. The highest BCUT2D eigenvalue weighted by Crippen LogP contribution is 2.05. The van der Waals surface area contributed by atoms with Gasteiger partial charge in [-0.2, -0.15) is 0 Å². The van der Waals surface area contributed by atoms with E-state index in [2.05, 4.69) is 38.5 Å². The summed E-state index contributed by atoms with van der Waals surface area (Å²) >= 11 is 0. The van der Waals surface area contributed by atoms with Gasteiger partial charge in [0.25, 0.3) is 0 Å². The molecule has 16 heavy (non-hydrogen) atoms. The van der Waals surface area contributed by atoms with Gasteiger partial charge in [0.05, 0.1) is 0 Å². The summed E-state index contributed by atoms with van der Waals surface area (Å²) in [5, 5.41) is 0. The summed E-state index contributed by atoms with van der Waals surface area (Å²) in [6, 6.07) is 0. The van der Waals surface area contributed by atoms with E-state index in [9.17, 15) is 0 Å². The van der Waals surface area contributed by atoms with Crippen molar-refractivity contribution >= 4 is 6.21 Å². The van der Waals surface area contributed by atoms with E-state index in [1.165, 1.54) is 58.0 Å². The Balaban J connectivity index is 3.60. The van der Waals surface area contributed by atoms with E-state index in [4.69, 9.17) is 0 Å². The topological polar surface area (TPSA) is 3.01 Å². The third-order valence-corrected chi connectivity index (χ3v) is 2.82. The maximum atomic E-state index is 2.52. The average molecular weight is 226 g/mol. The van der Waals surface area contributed by atoms with Gasteiger partial charge in [-0.1, -0.05) is 53.4 Å². The highest BCUT2D eigenvalue weighted by atomic mass is 15.0. The fourth-order valence-corrected chi connectivity index (χ4v) is 2.06. The molecule has 0 radical (unpaired) electrons. The van der Waals surface area contributed by atoms with Crippen molar-refractivity contribution < 1.29 is 4.58 Å². The Bertz CT molecular complexity index is 170. The lowest BCUT2D eigenvalue weighted by Crippen LogP contribution is -2.18. The lowest BCUT2D eigenvalue weighted by molar-refractivity contribution is -0.526. The number of hydrogen-bond donors (Lipinski definition) is 0. The molecule has 0 aliphatic rings. The fraction of sp³-hybridized carbons (Fsp3) is 0.933. The van der Waals surface area contributed by atoms with Crippen LogP contribution in [0.25, 0.3) is 0 Å². The van der Waals surface area contributed by atoms with E-state index in [1.807, 2.05) is 0 Å². The molecule has 0 rings (SSSR count). The van der Waals surface area contributed by atoms with E-state index < -0.39 is 0 Å². The van der Waals surface area contributed by atoms with Crippen molar-refractivity contribution in [3.63, 3.8) is 0 Å². The third kappa shape index (κ3) is 10.2. The Morgan fingerprint density at radius 1 is 0.812 bits per heavy atom. The molecule has 0 saturated carbocycles. The number of hydrogen-bond acceptors (Lipinski definition) is 0. The van der Waals surface area contributed by atoms with Crippen LogP contribution in [0.5, 0.6) is 0 Å². The molecule has 0 amide bonds. The van der Waals surface area contributed by atoms with E-state index in [-0.39, 0.29) is 0 Å². The first-order valence-electron chi connectivity index (χ1n) is 7.29. The van der Waals surface area contributed by atoms with Gasteiger partial charge in [0.2, 0.25) is 0 Å². The predicted molar refractivity (Wildman–Crippen MR) is 74.6 cm³/mol. The van der Waals surface area contributed by atoms with Crippen molar-refractivity contribution in [1.29, 1.82) is 0 Å². The summed E-state index contributed by atoms with van der Waals surface area (Å²) in [4.78, 5) is 0. The van der Waals surface area contributed by atoms with Crippen LogP contribution in [0.2, 0.25) is 0 Å². The highest BCUT2D eigenvalue weighted by molar-refractivity contribution is 5.53. The molecule has 0 N–H and O–H groups in total. The fourth-order valence-electron chi connectivity index (χ4n) is 2.06. The van der Waals surface area contributed by atoms with Crippen molar-refractivity contribution in [3.8, 4) is 0 Å². The first-order valence-corrected chi connectivity index (χ1v) is 7.29. The largest absolute Gasteiger partial charge is 0.239 e. The zero-order valence-electron chi connectivity index (χ0n) is 12.0. The molecule has 0 aromatic rings. The standard InChI is InChI=1S/C15H32N/c1-5-7-8-9-10-11-13-16(12-6-2)14-15(3)4/h14-15H,5-13H2,1-4H3/q+1. The van der Waals surface area contributed by atoms with Crippen LogP contribution in [-0.4, -0.2) is 23.9 Å². The summed E-state index contributed by atoms with van der Waals surface area (Å²) < 4.78 is 2.52. The summed E-state index contributed by atoms with van der Waals surface area (Å²) in [5.74, 6) is 0.687. The van der Waals surface area contributed by atoms with Crippen LogP contribution in [0.1, 0.15) is 72.6 Å². The molecular formula is C15H32N+. The first kappa shape index (κ1) is 15.7. The molecule has 1 nitrogen and oxygen atoms in total. The molecule has 0 bridgehead atoms. The lowest BCUT2D eigenvalue weighted by Gasteiger charge is -2.04.